The molecule has 0 amide bonds. The summed E-state index contributed by atoms with van der Waals surface area (Å²) in [5.74, 6) is 6.43. The molecule has 7 nitrogen and oxygen atoms in total. The molecule has 1 aliphatic heterocycles. The smallest absolute Gasteiger partial charge is 0.311 e. The Kier molecular flexibility index (Phi) is 4.90. The Labute approximate surface area is 145 Å². The molecule has 0 aliphatic carbocycles. The monoisotopic (exact) mass is 335 g/mol. The number of piperazine rings is 1. The van der Waals surface area contributed by atoms with Crippen molar-refractivity contribution in [2.75, 3.05) is 31.1 Å². The van der Waals surface area contributed by atoms with E-state index in [0.717, 1.165) is 5.70 Å². The highest BCUT2D eigenvalue weighted by Crippen LogP contribution is 2.26. The number of anilines is 1. The van der Waals surface area contributed by atoms with Gasteiger partial charge in [-0.1, -0.05) is 12.6 Å². The van der Waals surface area contributed by atoms with Crippen molar-refractivity contribution in [1.82, 2.24) is 14.9 Å². The van der Waals surface area contributed by atoms with Crippen molar-refractivity contribution in [1.29, 1.82) is 0 Å². The molecule has 0 spiro atoms. The maximum absolute atomic E-state index is 11.1. The maximum atomic E-state index is 11.1. The summed E-state index contributed by atoms with van der Waals surface area (Å²) in [6.07, 6.45) is 3.28. The minimum atomic E-state index is -0.397. The molecule has 0 aromatic carbocycles. The van der Waals surface area contributed by atoms with Gasteiger partial charge < -0.3 is 9.80 Å². The number of allylic oxidation sites excluding steroid dienone is 1. The molecule has 1 aliphatic rings. The van der Waals surface area contributed by atoms with Gasteiger partial charge in [-0.2, -0.15) is 0 Å². The van der Waals surface area contributed by atoms with E-state index < -0.39 is 4.92 Å². The second-order valence-corrected chi connectivity index (χ2v) is 5.49. The van der Waals surface area contributed by atoms with Crippen molar-refractivity contribution in [3.63, 3.8) is 0 Å². The molecule has 0 radical (unpaired) electrons. The first-order chi connectivity index (χ1) is 12.1. The molecule has 0 N–H and O–H groups in total. The Balaban J connectivity index is 1.64. The highest BCUT2D eigenvalue weighted by molar-refractivity contribution is 5.57. The summed E-state index contributed by atoms with van der Waals surface area (Å²) >= 11 is 0. The summed E-state index contributed by atoms with van der Waals surface area (Å²) in [7, 11) is 0. The molecule has 0 saturated carbocycles. The predicted molar refractivity (Wildman–Crippen MR) is 94.9 cm³/mol. The summed E-state index contributed by atoms with van der Waals surface area (Å²) in [5, 5.41) is 11.1. The molecule has 2 aromatic rings. The minimum Gasteiger partial charge on any atom is -0.362 e. The number of hydrogen-bond acceptors (Lipinski definition) is 6. The van der Waals surface area contributed by atoms with Gasteiger partial charge in [0.2, 0.25) is 5.82 Å². The summed E-state index contributed by atoms with van der Waals surface area (Å²) in [6, 6.07) is 8.63. The molecule has 25 heavy (non-hydrogen) atoms. The molecular formula is C18H17N5O2. The van der Waals surface area contributed by atoms with Crippen molar-refractivity contribution in [2.45, 2.75) is 0 Å². The van der Waals surface area contributed by atoms with Crippen molar-refractivity contribution >= 4 is 11.5 Å². The number of aromatic nitrogens is 2. The lowest BCUT2D eigenvalue weighted by molar-refractivity contribution is -0.384. The average molecular weight is 335 g/mol. The third-order valence-electron chi connectivity index (χ3n) is 3.92. The van der Waals surface area contributed by atoms with Crippen LogP contribution in [-0.4, -0.2) is 46.0 Å². The zero-order valence-corrected chi connectivity index (χ0v) is 13.6. The van der Waals surface area contributed by atoms with Gasteiger partial charge in [0.15, 0.2) is 0 Å². The van der Waals surface area contributed by atoms with E-state index in [-0.39, 0.29) is 5.69 Å². The van der Waals surface area contributed by atoms with Crippen molar-refractivity contribution in [2.24, 2.45) is 0 Å². The standard InChI is InChI=1S/C18H17N5O2/c1-15(7-8-16-5-2-3-9-19-16)21-11-13-22(14-12-21)18-17(23(24)25)6-4-10-20-18/h2-6,9-10H,1,11-14H2. The van der Waals surface area contributed by atoms with Gasteiger partial charge in [-0.3, -0.25) is 10.1 Å². The summed E-state index contributed by atoms with van der Waals surface area (Å²) in [5.41, 5.74) is 1.46. The molecule has 0 unspecified atom stereocenters. The van der Waals surface area contributed by atoms with E-state index in [9.17, 15) is 10.1 Å². The summed E-state index contributed by atoms with van der Waals surface area (Å²) in [6.45, 7) is 6.64. The van der Waals surface area contributed by atoms with Crippen LogP contribution >= 0.6 is 0 Å². The topological polar surface area (TPSA) is 75.4 Å². The van der Waals surface area contributed by atoms with Crippen LogP contribution in [0.1, 0.15) is 5.69 Å². The van der Waals surface area contributed by atoms with E-state index in [4.69, 9.17) is 0 Å². The summed E-state index contributed by atoms with van der Waals surface area (Å²) < 4.78 is 0. The molecule has 0 bridgehead atoms. The van der Waals surface area contributed by atoms with E-state index in [1.165, 1.54) is 6.07 Å². The Morgan fingerprint density at radius 2 is 1.88 bits per heavy atom. The van der Waals surface area contributed by atoms with Gasteiger partial charge >= 0.3 is 5.69 Å². The van der Waals surface area contributed by atoms with Crippen LogP contribution in [0, 0.1) is 22.0 Å². The van der Waals surface area contributed by atoms with Crippen molar-refractivity contribution < 1.29 is 4.92 Å². The zero-order valence-electron chi connectivity index (χ0n) is 13.6. The van der Waals surface area contributed by atoms with Gasteiger partial charge in [0.05, 0.1) is 10.6 Å². The molecule has 7 heteroatoms. The van der Waals surface area contributed by atoms with Crippen LogP contribution in [0.15, 0.2) is 55.0 Å². The first-order valence-corrected chi connectivity index (χ1v) is 7.86. The second kappa shape index (κ2) is 7.45. The fourth-order valence-corrected chi connectivity index (χ4v) is 2.61. The van der Waals surface area contributed by atoms with Crippen LogP contribution < -0.4 is 4.90 Å². The normalized spacial score (nSPS) is 13.8. The van der Waals surface area contributed by atoms with Crippen LogP contribution in [0.2, 0.25) is 0 Å². The van der Waals surface area contributed by atoms with Crippen LogP contribution in [0.3, 0.4) is 0 Å². The van der Waals surface area contributed by atoms with Gasteiger partial charge in [0, 0.05) is 44.6 Å². The first kappa shape index (κ1) is 16.5. The van der Waals surface area contributed by atoms with Crippen LogP contribution in [-0.2, 0) is 0 Å². The third-order valence-corrected chi connectivity index (χ3v) is 3.92. The first-order valence-electron chi connectivity index (χ1n) is 7.86. The van der Waals surface area contributed by atoms with Gasteiger partial charge in [0.25, 0.3) is 0 Å². The Morgan fingerprint density at radius 1 is 1.12 bits per heavy atom. The molecule has 3 rings (SSSR count). The highest BCUT2D eigenvalue weighted by atomic mass is 16.6. The third kappa shape index (κ3) is 3.93. The predicted octanol–water partition coefficient (Wildman–Crippen LogP) is 2.07. The quantitative estimate of drug-likeness (QED) is 0.486. The van der Waals surface area contributed by atoms with Crippen molar-refractivity contribution in [3.8, 4) is 11.8 Å². The summed E-state index contributed by atoms with van der Waals surface area (Å²) in [4.78, 5) is 23.1. The zero-order chi connectivity index (χ0) is 17.6. The number of hydrogen-bond donors (Lipinski definition) is 0. The Morgan fingerprint density at radius 3 is 2.56 bits per heavy atom. The lowest BCUT2D eigenvalue weighted by Gasteiger charge is -2.35. The molecular weight excluding hydrogens is 318 g/mol. The van der Waals surface area contributed by atoms with E-state index in [0.29, 0.717) is 37.7 Å². The van der Waals surface area contributed by atoms with E-state index in [1.807, 2.05) is 23.1 Å². The van der Waals surface area contributed by atoms with Gasteiger partial charge in [-0.25, -0.2) is 9.97 Å². The lowest BCUT2D eigenvalue weighted by Crippen LogP contribution is -2.46. The number of nitrogens with zero attached hydrogens (tertiary/aromatic N) is 5. The van der Waals surface area contributed by atoms with Gasteiger partial charge in [-0.05, 0) is 30.0 Å². The number of pyridine rings is 2. The van der Waals surface area contributed by atoms with Crippen molar-refractivity contribution in [3.05, 3.63) is 70.8 Å². The largest absolute Gasteiger partial charge is 0.362 e. The lowest BCUT2D eigenvalue weighted by atomic mass is 10.2. The highest BCUT2D eigenvalue weighted by Gasteiger charge is 2.24. The van der Waals surface area contributed by atoms with Crippen LogP contribution in [0.5, 0.6) is 0 Å². The Bertz CT molecular complexity index is 833. The molecule has 1 fully saturated rings. The number of nitro groups is 1. The maximum Gasteiger partial charge on any atom is 0.311 e. The van der Waals surface area contributed by atoms with E-state index >= 15 is 0 Å². The Hall–Kier alpha value is -3.40. The van der Waals surface area contributed by atoms with Crippen LogP contribution in [0.25, 0.3) is 0 Å². The van der Waals surface area contributed by atoms with Gasteiger partial charge in [-0.15, -0.1) is 0 Å². The van der Waals surface area contributed by atoms with Gasteiger partial charge in [0.1, 0.15) is 5.69 Å². The second-order valence-electron chi connectivity index (χ2n) is 5.49. The van der Waals surface area contributed by atoms with E-state index in [2.05, 4.69) is 33.3 Å². The molecule has 1 saturated heterocycles. The molecule has 2 aromatic heterocycles. The van der Waals surface area contributed by atoms with E-state index in [1.54, 1.807) is 18.5 Å². The minimum absolute atomic E-state index is 0.0321. The molecule has 0 atom stereocenters. The fourth-order valence-electron chi connectivity index (χ4n) is 2.61. The number of rotatable bonds is 3. The molecule has 126 valence electrons. The van der Waals surface area contributed by atoms with Crippen LogP contribution in [0.4, 0.5) is 11.5 Å². The SMILES string of the molecule is C=C(C#Cc1ccccn1)N1CCN(c2ncccc2[N+](=O)[O-])CC1. The molecule has 3 heterocycles. The average Bonchev–Trinajstić information content (AvgIpc) is 2.67. The fraction of sp³-hybridized carbons (Fsp3) is 0.222.